The number of amides is 1. The Hall–Kier alpha value is -1.73. The second-order valence-corrected chi connectivity index (χ2v) is 7.03. The van der Waals surface area contributed by atoms with Gasteiger partial charge in [0.15, 0.2) is 5.69 Å². The highest BCUT2D eigenvalue weighted by molar-refractivity contribution is 7.10. The highest BCUT2D eigenvalue weighted by Crippen LogP contribution is 2.29. The van der Waals surface area contributed by atoms with E-state index in [0.29, 0.717) is 13.0 Å². The third-order valence-corrected chi connectivity index (χ3v) is 5.54. The monoisotopic (exact) mass is 336 g/mol. The zero-order valence-corrected chi connectivity index (χ0v) is 13.5. The van der Waals surface area contributed by atoms with Crippen molar-refractivity contribution in [2.24, 2.45) is 0 Å². The van der Waals surface area contributed by atoms with Crippen LogP contribution >= 0.6 is 22.7 Å². The van der Waals surface area contributed by atoms with Gasteiger partial charge in [-0.05, 0) is 35.2 Å². The van der Waals surface area contributed by atoms with Crippen LogP contribution in [0.3, 0.4) is 0 Å². The molecule has 0 aliphatic carbocycles. The first-order chi connectivity index (χ1) is 10.6. The highest BCUT2D eigenvalue weighted by Gasteiger charge is 2.27. The smallest absolute Gasteiger partial charge is 0.355 e. The number of nitrogens with zero attached hydrogens (tertiary/aromatic N) is 2. The molecule has 0 aromatic carbocycles. The van der Waals surface area contributed by atoms with E-state index in [0.717, 1.165) is 30.0 Å². The minimum atomic E-state index is -0.997. The van der Waals surface area contributed by atoms with Gasteiger partial charge in [-0.3, -0.25) is 4.79 Å². The molecule has 116 valence electrons. The van der Waals surface area contributed by atoms with E-state index in [1.165, 1.54) is 11.3 Å². The number of hydrogen-bond acceptors (Lipinski definition) is 5. The lowest BCUT2D eigenvalue weighted by Gasteiger charge is -2.31. The second kappa shape index (κ2) is 6.58. The highest BCUT2D eigenvalue weighted by atomic mass is 32.1. The lowest BCUT2D eigenvalue weighted by atomic mass is 9.98. The van der Waals surface area contributed by atoms with Crippen molar-refractivity contribution in [1.82, 2.24) is 9.88 Å². The van der Waals surface area contributed by atoms with Crippen LogP contribution in [0.1, 0.15) is 39.8 Å². The maximum Gasteiger partial charge on any atom is 0.355 e. The molecule has 22 heavy (non-hydrogen) atoms. The van der Waals surface area contributed by atoms with Gasteiger partial charge in [0, 0.05) is 24.4 Å². The molecule has 0 spiro atoms. The third kappa shape index (κ3) is 3.36. The molecule has 2 aromatic heterocycles. The number of hydrogen-bond donors (Lipinski definition) is 1. The van der Waals surface area contributed by atoms with Crippen molar-refractivity contribution in [3.63, 3.8) is 0 Å². The SMILES string of the molecule is O=C(O)c1csc(C2CCCN(C(=O)Cc3ccsc3)C2)n1. The molecule has 1 amide bonds. The summed E-state index contributed by atoms with van der Waals surface area (Å²) in [6.45, 7) is 1.41. The normalized spacial score (nSPS) is 18.4. The summed E-state index contributed by atoms with van der Waals surface area (Å²) in [5.74, 6) is -0.708. The Bertz CT molecular complexity index is 666. The van der Waals surface area contributed by atoms with Crippen LogP contribution < -0.4 is 0 Å². The number of thiophene rings is 1. The molecular weight excluding hydrogens is 320 g/mol. The van der Waals surface area contributed by atoms with E-state index in [4.69, 9.17) is 5.11 Å². The number of carbonyl (C=O) groups is 2. The molecule has 1 aliphatic heterocycles. The van der Waals surface area contributed by atoms with E-state index in [1.54, 1.807) is 16.7 Å². The fourth-order valence-electron chi connectivity index (χ4n) is 2.66. The standard InChI is InChI=1S/C15H16N2O3S2/c18-13(6-10-3-5-21-8-10)17-4-1-2-11(7-17)14-16-12(9-22-14)15(19)20/h3,5,8-9,11H,1-2,4,6-7H2,(H,19,20). The molecule has 0 radical (unpaired) electrons. The summed E-state index contributed by atoms with van der Waals surface area (Å²) in [4.78, 5) is 29.4. The van der Waals surface area contributed by atoms with Gasteiger partial charge >= 0.3 is 5.97 Å². The summed E-state index contributed by atoms with van der Waals surface area (Å²) >= 11 is 2.97. The zero-order chi connectivity index (χ0) is 15.5. The molecule has 1 saturated heterocycles. The lowest BCUT2D eigenvalue weighted by molar-refractivity contribution is -0.131. The summed E-state index contributed by atoms with van der Waals surface area (Å²) in [7, 11) is 0. The van der Waals surface area contributed by atoms with E-state index in [9.17, 15) is 9.59 Å². The fourth-order valence-corrected chi connectivity index (χ4v) is 4.25. The van der Waals surface area contributed by atoms with Crippen LogP contribution in [0, 0.1) is 0 Å². The quantitative estimate of drug-likeness (QED) is 0.932. The Balaban J connectivity index is 1.65. The summed E-state index contributed by atoms with van der Waals surface area (Å²) in [6, 6.07) is 1.98. The average Bonchev–Trinajstić information content (AvgIpc) is 3.18. The molecule has 1 atom stereocenters. The lowest BCUT2D eigenvalue weighted by Crippen LogP contribution is -2.39. The summed E-state index contributed by atoms with van der Waals surface area (Å²) < 4.78 is 0. The number of piperidine rings is 1. The average molecular weight is 336 g/mol. The number of aromatic carboxylic acids is 1. The van der Waals surface area contributed by atoms with Crippen LogP contribution in [0.2, 0.25) is 0 Å². The van der Waals surface area contributed by atoms with E-state index in [2.05, 4.69) is 4.98 Å². The van der Waals surface area contributed by atoms with Crippen LogP contribution in [0.4, 0.5) is 0 Å². The molecule has 0 bridgehead atoms. The van der Waals surface area contributed by atoms with Crippen LogP contribution in [0.5, 0.6) is 0 Å². The minimum Gasteiger partial charge on any atom is -0.476 e. The van der Waals surface area contributed by atoms with E-state index < -0.39 is 5.97 Å². The molecule has 5 nitrogen and oxygen atoms in total. The van der Waals surface area contributed by atoms with Crippen molar-refractivity contribution in [3.8, 4) is 0 Å². The molecule has 3 rings (SSSR count). The number of carboxylic acids is 1. The maximum atomic E-state index is 12.4. The van der Waals surface area contributed by atoms with Crippen LogP contribution in [-0.2, 0) is 11.2 Å². The van der Waals surface area contributed by atoms with Gasteiger partial charge in [0.05, 0.1) is 11.4 Å². The molecule has 3 heterocycles. The first kappa shape index (κ1) is 15.2. The van der Waals surface area contributed by atoms with Crippen molar-refractivity contribution < 1.29 is 14.7 Å². The van der Waals surface area contributed by atoms with Crippen molar-refractivity contribution in [1.29, 1.82) is 0 Å². The summed E-state index contributed by atoms with van der Waals surface area (Å²) in [5, 5.41) is 15.3. The van der Waals surface area contributed by atoms with E-state index in [1.807, 2.05) is 21.7 Å². The maximum absolute atomic E-state index is 12.4. The summed E-state index contributed by atoms with van der Waals surface area (Å²) in [5.41, 5.74) is 1.15. The fraction of sp³-hybridized carbons (Fsp3) is 0.400. The molecule has 1 unspecified atom stereocenters. The van der Waals surface area contributed by atoms with Gasteiger partial charge in [-0.2, -0.15) is 11.3 Å². The Kier molecular flexibility index (Phi) is 4.54. The van der Waals surface area contributed by atoms with E-state index >= 15 is 0 Å². The molecule has 1 aliphatic rings. The largest absolute Gasteiger partial charge is 0.476 e. The van der Waals surface area contributed by atoms with Gasteiger partial charge in [-0.15, -0.1) is 11.3 Å². The Morgan fingerprint density at radius 1 is 1.41 bits per heavy atom. The van der Waals surface area contributed by atoms with Crippen LogP contribution in [-0.4, -0.2) is 40.0 Å². The Labute approximate surface area is 136 Å². The Morgan fingerprint density at radius 2 is 2.27 bits per heavy atom. The summed E-state index contributed by atoms with van der Waals surface area (Å²) in [6.07, 6.45) is 2.32. The first-order valence-electron chi connectivity index (χ1n) is 7.11. The van der Waals surface area contributed by atoms with Crippen molar-refractivity contribution in [2.75, 3.05) is 13.1 Å². The van der Waals surface area contributed by atoms with Gasteiger partial charge in [0.1, 0.15) is 0 Å². The Morgan fingerprint density at radius 3 is 2.95 bits per heavy atom. The molecule has 0 saturated carbocycles. The van der Waals surface area contributed by atoms with Crippen LogP contribution in [0.15, 0.2) is 22.2 Å². The molecule has 1 N–H and O–H groups in total. The van der Waals surface area contributed by atoms with Gasteiger partial charge in [-0.25, -0.2) is 9.78 Å². The van der Waals surface area contributed by atoms with Crippen molar-refractivity contribution in [3.05, 3.63) is 38.5 Å². The van der Waals surface area contributed by atoms with Crippen molar-refractivity contribution >= 4 is 34.6 Å². The molecule has 2 aromatic rings. The minimum absolute atomic E-state index is 0.0988. The van der Waals surface area contributed by atoms with Gasteiger partial charge in [-0.1, -0.05) is 0 Å². The van der Waals surface area contributed by atoms with Gasteiger partial charge in [0.2, 0.25) is 5.91 Å². The third-order valence-electron chi connectivity index (χ3n) is 3.80. The molecular formula is C15H16N2O3S2. The number of carboxylic acid groups (broad SMARTS) is 1. The van der Waals surface area contributed by atoms with E-state index in [-0.39, 0.29) is 17.5 Å². The predicted molar refractivity (Wildman–Crippen MR) is 85.7 cm³/mol. The molecule has 1 fully saturated rings. The predicted octanol–water partition coefficient (Wildman–Crippen LogP) is 2.85. The van der Waals surface area contributed by atoms with Crippen molar-refractivity contribution in [2.45, 2.75) is 25.2 Å². The molecule has 7 heteroatoms. The topological polar surface area (TPSA) is 70.5 Å². The number of thiazole rings is 1. The number of rotatable bonds is 4. The van der Waals surface area contributed by atoms with Gasteiger partial charge < -0.3 is 10.0 Å². The van der Waals surface area contributed by atoms with Gasteiger partial charge in [0.25, 0.3) is 0 Å². The number of carbonyl (C=O) groups excluding carboxylic acids is 1. The zero-order valence-electron chi connectivity index (χ0n) is 11.9. The number of aromatic nitrogens is 1. The van der Waals surface area contributed by atoms with Crippen LogP contribution in [0.25, 0.3) is 0 Å². The first-order valence-corrected chi connectivity index (χ1v) is 8.93. The number of likely N-dealkylation sites (tertiary alicyclic amines) is 1. The second-order valence-electron chi connectivity index (χ2n) is 5.36.